The van der Waals surface area contributed by atoms with E-state index in [4.69, 9.17) is 0 Å². The van der Waals surface area contributed by atoms with Crippen LogP contribution in [-0.2, 0) is 4.79 Å². The Balaban J connectivity index is 2.11. The van der Waals surface area contributed by atoms with E-state index in [9.17, 15) is 4.79 Å². The quantitative estimate of drug-likeness (QED) is 0.460. The third-order valence-corrected chi connectivity index (χ3v) is 2.54. The fourth-order valence-electron chi connectivity index (χ4n) is 1.95. The van der Waals surface area contributed by atoms with Gasteiger partial charge < -0.3 is 0 Å². The number of carbonyl (C=O) groups excluding carboxylic acids is 1. The lowest BCUT2D eigenvalue weighted by Gasteiger charge is -2.27. The first kappa shape index (κ1) is 4.54. The van der Waals surface area contributed by atoms with Gasteiger partial charge in [-0.15, -0.1) is 0 Å². The van der Waals surface area contributed by atoms with E-state index in [-0.39, 0.29) is 0 Å². The number of rotatable bonds is 0. The molecule has 2 atom stereocenters. The molecule has 1 nitrogen and oxygen atoms in total. The molecule has 8 heavy (non-hydrogen) atoms. The van der Waals surface area contributed by atoms with E-state index in [0.29, 0.717) is 11.7 Å². The Morgan fingerprint density at radius 3 is 2.75 bits per heavy atom. The Kier molecular flexibility index (Phi) is 0.758. The lowest BCUT2D eigenvalue weighted by atomic mass is 9.75. The Morgan fingerprint density at radius 1 is 1.38 bits per heavy atom. The molecule has 1 heteroatoms. The zero-order chi connectivity index (χ0) is 5.56. The lowest BCUT2D eigenvalue weighted by Crippen LogP contribution is -2.32. The second-order valence-electron chi connectivity index (χ2n) is 2.97. The summed E-state index contributed by atoms with van der Waals surface area (Å²) in [5, 5.41) is 0. The highest BCUT2D eigenvalue weighted by atomic mass is 16.1. The van der Waals surface area contributed by atoms with Gasteiger partial charge in [0.15, 0.2) is 0 Å². The van der Waals surface area contributed by atoms with Crippen LogP contribution >= 0.6 is 0 Å². The molecule has 2 rings (SSSR count). The van der Waals surface area contributed by atoms with E-state index in [0.717, 1.165) is 12.3 Å². The molecular weight excluding hydrogens is 100 g/mol. The standard InChI is InChI=1S/C7H10O/c8-7-4-5-2-1-3-6(5)7/h5-6H,1-4H2. The molecule has 0 spiro atoms. The molecule has 0 aromatic rings. The van der Waals surface area contributed by atoms with Crippen LogP contribution in [0.5, 0.6) is 0 Å². The van der Waals surface area contributed by atoms with E-state index < -0.39 is 0 Å². The fourth-order valence-corrected chi connectivity index (χ4v) is 1.95. The third kappa shape index (κ3) is 0.396. The number of fused-ring (bicyclic) bond motifs is 1. The van der Waals surface area contributed by atoms with Gasteiger partial charge >= 0.3 is 0 Å². The molecule has 2 aliphatic rings. The molecule has 0 aromatic carbocycles. The number of hydrogen-bond acceptors (Lipinski definition) is 1. The maximum atomic E-state index is 10.7. The maximum absolute atomic E-state index is 10.7. The van der Waals surface area contributed by atoms with Crippen LogP contribution in [0.2, 0.25) is 0 Å². The summed E-state index contributed by atoms with van der Waals surface area (Å²) in [6.07, 6.45) is 4.74. The van der Waals surface area contributed by atoms with Gasteiger partial charge in [-0.3, -0.25) is 4.79 Å². The van der Waals surface area contributed by atoms with Gasteiger partial charge in [-0.25, -0.2) is 0 Å². The van der Waals surface area contributed by atoms with E-state index in [1.165, 1.54) is 19.3 Å². The van der Waals surface area contributed by atoms with Crippen LogP contribution in [0, 0.1) is 11.8 Å². The zero-order valence-electron chi connectivity index (χ0n) is 4.89. The molecule has 0 bridgehead atoms. The minimum absolute atomic E-state index is 0.523. The van der Waals surface area contributed by atoms with Crippen molar-refractivity contribution in [1.82, 2.24) is 0 Å². The molecule has 0 saturated heterocycles. The van der Waals surface area contributed by atoms with Crippen molar-refractivity contribution in [2.45, 2.75) is 25.7 Å². The van der Waals surface area contributed by atoms with Crippen molar-refractivity contribution in [1.29, 1.82) is 0 Å². The highest BCUT2D eigenvalue weighted by molar-refractivity contribution is 5.87. The smallest absolute Gasteiger partial charge is 0.136 e. The predicted octanol–water partition coefficient (Wildman–Crippen LogP) is 1.38. The Bertz CT molecular complexity index is 128. The topological polar surface area (TPSA) is 17.1 Å². The van der Waals surface area contributed by atoms with Crippen LogP contribution in [-0.4, -0.2) is 5.78 Å². The monoisotopic (exact) mass is 110 g/mol. The van der Waals surface area contributed by atoms with Gasteiger partial charge in [0.25, 0.3) is 0 Å². The van der Waals surface area contributed by atoms with Gasteiger partial charge in [0.05, 0.1) is 0 Å². The van der Waals surface area contributed by atoms with Crippen molar-refractivity contribution in [2.75, 3.05) is 0 Å². The molecule has 2 aliphatic carbocycles. The molecular formula is C7H10O. The van der Waals surface area contributed by atoms with Gasteiger partial charge in [-0.1, -0.05) is 6.42 Å². The number of ketones is 1. The highest BCUT2D eigenvalue weighted by Gasteiger charge is 2.42. The van der Waals surface area contributed by atoms with E-state index in [2.05, 4.69) is 0 Å². The Morgan fingerprint density at radius 2 is 2.25 bits per heavy atom. The van der Waals surface area contributed by atoms with Crippen LogP contribution in [0.1, 0.15) is 25.7 Å². The first-order valence-corrected chi connectivity index (χ1v) is 3.40. The average molecular weight is 110 g/mol. The van der Waals surface area contributed by atoms with E-state index in [1.54, 1.807) is 0 Å². The van der Waals surface area contributed by atoms with Crippen LogP contribution in [0.25, 0.3) is 0 Å². The minimum atomic E-state index is 0.523. The first-order chi connectivity index (χ1) is 3.88. The number of carbonyl (C=O) groups is 1. The van der Waals surface area contributed by atoms with Gasteiger partial charge in [0, 0.05) is 12.3 Å². The molecule has 0 aromatic heterocycles. The van der Waals surface area contributed by atoms with Gasteiger partial charge in [-0.05, 0) is 18.8 Å². The molecule has 2 saturated carbocycles. The van der Waals surface area contributed by atoms with Crippen LogP contribution in [0.15, 0.2) is 0 Å². The lowest BCUT2D eigenvalue weighted by molar-refractivity contribution is -0.132. The fraction of sp³-hybridized carbons (Fsp3) is 0.857. The molecule has 0 amide bonds. The first-order valence-electron chi connectivity index (χ1n) is 3.40. The van der Waals surface area contributed by atoms with Crippen molar-refractivity contribution >= 4 is 5.78 Å². The largest absolute Gasteiger partial charge is 0.299 e. The normalized spacial score (nSPS) is 43.8. The Hall–Kier alpha value is -0.330. The summed E-state index contributed by atoms with van der Waals surface area (Å²) in [4.78, 5) is 10.7. The highest BCUT2D eigenvalue weighted by Crippen LogP contribution is 2.43. The van der Waals surface area contributed by atoms with Gasteiger partial charge in [0.2, 0.25) is 0 Å². The zero-order valence-corrected chi connectivity index (χ0v) is 4.89. The second-order valence-corrected chi connectivity index (χ2v) is 2.97. The molecule has 0 N–H and O–H groups in total. The van der Waals surface area contributed by atoms with Crippen molar-refractivity contribution in [3.8, 4) is 0 Å². The van der Waals surface area contributed by atoms with Crippen molar-refractivity contribution in [2.24, 2.45) is 11.8 Å². The van der Waals surface area contributed by atoms with E-state index in [1.807, 2.05) is 0 Å². The van der Waals surface area contributed by atoms with Crippen LogP contribution in [0.3, 0.4) is 0 Å². The molecule has 2 unspecified atom stereocenters. The van der Waals surface area contributed by atoms with E-state index >= 15 is 0 Å². The Labute approximate surface area is 49.1 Å². The maximum Gasteiger partial charge on any atom is 0.136 e. The second kappa shape index (κ2) is 1.34. The van der Waals surface area contributed by atoms with Crippen molar-refractivity contribution < 1.29 is 4.79 Å². The molecule has 0 aliphatic heterocycles. The number of Topliss-reactive ketones (excluding diaryl/α,β-unsaturated/α-hetero) is 1. The summed E-state index contributed by atoms with van der Waals surface area (Å²) in [7, 11) is 0. The number of hydrogen-bond donors (Lipinski definition) is 0. The molecule has 0 radical (unpaired) electrons. The van der Waals surface area contributed by atoms with Crippen molar-refractivity contribution in [3.05, 3.63) is 0 Å². The molecule has 2 fully saturated rings. The summed E-state index contributed by atoms with van der Waals surface area (Å²) in [5.41, 5.74) is 0. The van der Waals surface area contributed by atoms with Gasteiger partial charge in [-0.2, -0.15) is 0 Å². The van der Waals surface area contributed by atoms with Crippen LogP contribution < -0.4 is 0 Å². The summed E-state index contributed by atoms with van der Waals surface area (Å²) in [5.74, 6) is 1.88. The predicted molar refractivity (Wildman–Crippen MR) is 30.5 cm³/mol. The summed E-state index contributed by atoms with van der Waals surface area (Å²) >= 11 is 0. The van der Waals surface area contributed by atoms with Crippen molar-refractivity contribution in [3.63, 3.8) is 0 Å². The molecule has 0 heterocycles. The SMILES string of the molecule is O=C1CC2CCCC12. The van der Waals surface area contributed by atoms with Gasteiger partial charge in [0.1, 0.15) is 5.78 Å². The summed E-state index contributed by atoms with van der Waals surface area (Å²) in [6.45, 7) is 0. The van der Waals surface area contributed by atoms with Crippen LogP contribution in [0.4, 0.5) is 0 Å². The summed E-state index contributed by atoms with van der Waals surface area (Å²) in [6, 6.07) is 0. The minimum Gasteiger partial charge on any atom is -0.299 e. The summed E-state index contributed by atoms with van der Waals surface area (Å²) < 4.78 is 0. The molecule has 44 valence electrons. The average Bonchev–Trinajstić information content (AvgIpc) is 2.09. The third-order valence-electron chi connectivity index (χ3n) is 2.54.